The van der Waals surface area contributed by atoms with Crippen LogP contribution in [-0.2, 0) is 0 Å². The van der Waals surface area contributed by atoms with Gasteiger partial charge in [0.05, 0.1) is 6.10 Å². The molecule has 0 fully saturated rings. The highest BCUT2D eigenvalue weighted by Crippen LogP contribution is 2.20. The van der Waals surface area contributed by atoms with Crippen LogP contribution in [0, 0.1) is 5.82 Å². The molecule has 0 aliphatic heterocycles. The fourth-order valence-electron chi connectivity index (χ4n) is 1.38. The maximum Gasteiger partial charge on any atom is 0.123 e. The van der Waals surface area contributed by atoms with E-state index in [2.05, 4.69) is 25.4 Å². The monoisotopic (exact) mass is 257 g/mol. The van der Waals surface area contributed by atoms with Crippen LogP contribution in [0.1, 0.15) is 25.5 Å². The van der Waals surface area contributed by atoms with Gasteiger partial charge in [-0.15, -0.1) is 0 Å². The molecule has 0 heterocycles. The summed E-state index contributed by atoms with van der Waals surface area (Å²) in [6.45, 7) is 5.60. The van der Waals surface area contributed by atoms with Crippen LogP contribution in [0.5, 0.6) is 0 Å². The molecule has 0 aromatic heterocycles. The molecule has 2 nitrogen and oxygen atoms in total. The largest absolute Gasteiger partial charge is 0.387 e. The number of hydrogen-bond acceptors (Lipinski definition) is 3. The lowest BCUT2D eigenvalue weighted by Crippen LogP contribution is -2.34. The molecule has 1 atom stereocenters. The minimum atomic E-state index is -0.590. The Bertz CT molecular complexity index is 340. The lowest BCUT2D eigenvalue weighted by atomic mass is 10.1. The van der Waals surface area contributed by atoms with Gasteiger partial charge in [-0.3, -0.25) is 0 Å². The van der Waals surface area contributed by atoms with E-state index in [1.165, 1.54) is 12.1 Å². The number of hydrogen-bond donors (Lipinski definition) is 2. The Morgan fingerprint density at radius 2 is 1.94 bits per heavy atom. The molecule has 0 saturated carbocycles. The molecule has 0 bridgehead atoms. The molecule has 1 unspecified atom stereocenters. The predicted molar refractivity (Wildman–Crippen MR) is 71.8 cm³/mol. The third kappa shape index (κ3) is 5.06. The van der Waals surface area contributed by atoms with Crippen LogP contribution in [0.2, 0.25) is 0 Å². The Morgan fingerprint density at radius 3 is 2.47 bits per heavy atom. The molecular weight excluding hydrogens is 237 g/mol. The zero-order valence-electron chi connectivity index (χ0n) is 10.5. The van der Waals surface area contributed by atoms with Crippen molar-refractivity contribution in [1.29, 1.82) is 0 Å². The van der Waals surface area contributed by atoms with E-state index in [1.54, 1.807) is 23.9 Å². The number of rotatable bonds is 6. The number of benzene rings is 1. The molecule has 4 heteroatoms. The van der Waals surface area contributed by atoms with Crippen LogP contribution in [0.3, 0.4) is 0 Å². The van der Waals surface area contributed by atoms with Crippen molar-refractivity contribution in [3.8, 4) is 0 Å². The molecule has 1 aromatic rings. The lowest BCUT2D eigenvalue weighted by Gasteiger charge is -2.23. The topological polar surface area (TPSA) is 32.3 Å². The summed E-state index contributed by atoms with van der Waals surface area (Å²) in [4.78, 5) is 0. The van der Waals surface area contributed by atoms with E-state index in [-0.39, 0.29) is 10.6 Å². The molecule has 0 aliphatic rings. The second-order valence-corrected chi connectivity index (χ2v) is 6.18. The highest BCUT2D eigenvalue weighted by molar-refractivity contribution is 7.99. The highest BCUT2D eigenvalue weighted by Gasteiger charge is 2.16. The third-order valence-electron chi connectivity index (χ3n) is 2.70. The summed E-state index contributed by atoms with van der Waals surface area (Å²) in [5.41, 5.74) is 0.737. The second-order valence-electron chi connectivity index (χ2n) is 4.66. The number of thioether (sulfide) groups is 1. The number of halogens is 1. The molecule has 1 rings (SSSR count). The molecule has 0 aliphatic carbocycles. The van der Waals surface area contributed by atoms with Crippen LogP contribution in [0.25, 0.3) is 0 Å². The van der Waals surface area contributed by atoms with E-state index in [9.17, 15) is 9.50 Å². The van der Waals surface area contributed by atoms with E-state index in [1.807, 2.05) is 0 Å². The Hall–Kier alpha value is -0.580. The summed E-state index contributed by atoms with van der Waals surface area (Å²) in [5, 5.41) is 13.1. The Kier molecular flexibility index (Phi) is 5.43. The van der Waals surface area contributed by atoms with Gasteiger partial charge in [-0.2, -0.15) is 11.8 Å². The van der Waals surface area contributed by atoms with Crippen LogP contribution < -0.4 is 5.32 Å². The van der Waals surface area contributed by atoms with Gasteiger partial charge in [0.1, 0.15) is 5.82 Å². The minimum absolute atomic E-state index is 0.155. The first-order chi connectivity index (χ1) is 7.94. The average molecular weight is 257 g/mol. The fraction of sp³-hybridized carbons (Fsp3) is 0.538. The van der Waals surface area contributed by atoms with Gasteiger partial charge >= 0.3 is 0 Å². The van der Waals surface area contributed by atoms with Crippen molar-refractivity contribution in [1.82, 2.24) is 5.32 Å². The van der Waals surface area contributed by atoms with Gasteiger partial charge in [-0.1, -0.05) is 12.1 Å². The first-order valence-corrected chi connectivity index (χ1v) is 6.86. The van der Waals surface area contributed by atoms with E-state index in [0.717, 1.165) is 12.1 Å². The SMILES string of the molecule is CSC(C)(C)CNCC(O)c1ccc(F)cc1. The van der Waals surface area contributed by atoms with Crippen molar-refractivity contribution in [2.45, 2.75) is 24.7 Å². The van der Waals surface area contributed by atoms with E-state index in [4.69, 9.17) is 0 Å². The Balaban J connectivity index is 2.40. The van der Waals surface area contributed by atoms with Gasteiger partial charge in [0.15, 0.2) is 0 Å². The van der Waals surface area contributed by atoms with E-state index >= 15 is 0 Å². The zero-order valence-corrected chi connectivity index (χ0v) is 11.4. The van der Waals surface area contributed by atoms with Crippen molar-refractivity contribution in [3.63, 3.8) is 0 Å². The maximum atomic E-state index is 12.7. The third-order valence-corrected chi connectivity index (χ3v) is 3.95. The molecule has 17 heavy (non-hydrogen) atoms. The van der Waals surface area contributed by atoms with Crippen LogP contribution in [0.15, 0.2) is 24.3 Å². The molecule has 0 saturated heterocycles. The predicted octanol–water partition coefficient (Wildman–Crippen LogP) is 2.59. The summed E-state index contributed by atoms with van der Waals surface area (Å²) in [6, 6.07) is 5.96. The molecule has 2 N–H and O–H groups in total. The summed E-state index contributed by atoms with van der Waals surface area (Å²) < 4.78 is 12.9. The quantitative estimate of drug-likeness (QED) is 0.821. The highest BCUT2D eigenvalue weighted by atomic mass is 32.2. The van der Waals surface area contributed by atoms with Crippen molar-refractivity contribution in [2.75, 3.05) is 19.3 Å². The van der Waals surface area contributed by atoms with Gasteiger partial charge in [0.2, 0.25) is 0 Å². The number of nitrogens with one attached hydrogen (secondary N) is 1. The minimum Gasteiger partial charge on any atom is -0.387 e. The van der Waals surface area contributed by atoms with Gasteiger partial charge < -0.3 is 10.4 Å². The second kappa shape index (κ2) is 6.38. The maximum absolute atomic E-state index is 12.7. The van der Waals surface area contributed by atoms with Crippen molar-refractivity contribution in [2.24, 2.45) is 0 Å². The molecule has 96 valence electrons. The number of aliphatic hydroxyl groups excluding tert-OH is 1. The molecule has 1 aromatic carbocycles. The van der Waals surface area contributed by atoms with Gasteiger partial charge in [0.25, 0.3) is 0 Å². The van der Waals surface area contributed by atoms with Gasteiger partial charge in [-0.25, -0.2) is 4.39 Å². The molecular formula is C13H20FNOS. The summed E-state index contributed by atoms with van der Waals surface area (Å²) in [5.74, 6) is -0.280. The Labute approximate surface area is 107 Å². The lowest BCUT2D eigenvalue weighted by molar-refractivity contribution is 0.174. The standard InChI is InChI=1S/C13H20FNOS/c1-13(2,17-3)9-15-8-12(16)10-4-6-11(14)7-5-10/h4-7,12,15-16H,8-9H2,1-3H3. The average Bonchev–Trinajstić information content (AvgIpc) is 2.29. The molecule has 0 spiro atoms. The van der Waals surface area contributed by atoms with Crippen molar-refractivity contribution >= 4 is 11.8 Å². The Morgan fingerprint density at radius 1 is 1.35 bits per heavy atom. The van der Waals surface area contributed by atoms with Crippen molar-refractivity contribution in [3.05, 3.63) is 35.6 Å². The van der Waals surface area contributed by atoms with E-state index in [0.29, 0.717) is 6.54 Å². The zero-order chi connectivity index (χ0) is 12.9. The first-order valence-electron chi connectivity index (χ1n) is 5.64. The first kappa shape index (κ1) is 14.5. The summed E-state index contributed by atoms with van der Waals surface area (Å²) in [6.07, 6.45) is 1.48. The molecule has 0 radical (unpaired) electrons. The smallest absolute Gasteiger partial charge is 0.123 e. The van der Waals surface area contributed by atoms with Gasteiger partial charge in [-0.05, 0) is 37.8 Å². The van der Waals surface area contributed by atoms with Gasteiger partial charge in [0, 0.05) is 17.8 Å². The normalized spacial score (nSPS) is 13.7. The van der Waals surface area contributed by atoms with Crippen molar-refractivity contribution < 1.29 is 9.50 Å². The number of aliphatic hydroxyl groups is 1. The van der Waals surface area contributed by atoms with Crippen LogP contribution in [-0.4, -0.2) is 29.2 Å². The van der Waals surface area contributed by atoms with Crippen LogP contribution in [0.4, 0.5) is 4.39 Å². The summed E-state index contributed by atoms with van der Waals surface area (Å²) >= 11 is 1.78. The summed E-state index contributed by atoms with van der Waals surface area (Å²) in [7, 11) is 0. The molecule has 0 amide bonds. The van der Waals surface area contributed by atoms with Crippen LogP contribution >= 0.6 is 11.8 Å². The fourth-order valence-corrected chi connectivity index (χ4v) is 1.63. The van der Waals surface area contributed by atoms with E-state index < -0.39 is 6.10 Å².